The number of ether oxygens (including phenoxy) is 1. The third kappa shape index (κ3) is 5.91. The van der Waals surface area contributed by atoms with E-state index in [-0.39, 0.29) is 5.91 Å². The minimum Gasteiger partial charge on any atom is -0.370 e. The van der Waals surface area contributed by atoms with Crippen LogP contribution < -0.4 is 10.2 Å². The van der Waals surface area contributed by atoms with Gasteiger partial charge in [-0.05, 0) is 12.3 Å². The SMILES string of the molecule is O=C(CCC1CCCCC1)NCC[NH+]1CCOCC1. The van der Waals surface area contributed by atoms with Crippen LogP contribution in [0.2, 0.25) is 0 Å². The normalized spacial score (nSPS) is 22.3. The second-order valence-electron chi connectivity index (χ2n) is 6.01. The van der Waals surface area contributed by atoms with E-state index < -0.39 is 0 Å². The highest BCUT2D eigenvalue weighted by molar-refractivity contribution is 5.75. The van der Waals surface area contributed by atoms with Gasteiger partial charge in [-0.3, -0.25) is 4.79 Å². The Morgan fingerprint density at radius 3 is 2.63 bits per heavy atom. The molecule has 1 heterocycles. The largest absolute Gasteiger partial charge is 0.370 e. The Labute approximate surface area is 116 Å². The molecule has 0 aromatic carbocycles. The number of carbonyl (C=O) groups excluding carboxylic acids is 1. The molecule has 0 aromatic heterocycles. The van der Waals surface area contributed by atoms with Crippen molar-refractivity contribution < 1.29 is 14.4 Å². The molecule has 0 radical (unpaired) electrons. The van der Waals surface area contributed by atoms with Crippen molar-refractivity contribution in [3.63, 3.8) is 0 Å². The van der Waals surface area contributed by atoms with Gasteiger partial charge >= 0.3 is 0 Å². The van der Waals surface area contributed by atoms with Gasteiger partial charge in [0, 0.05) is 6.42 Å². The van der Waals surface area contributed by atoms with E-state index in [1.165, 1.54) is 32.1 Å². The summed E-state index contributed by atoms with van der Waals surface area (Å²) in [6.07, 6.45) is 8.63. The van der Waals surface area contributed by atoms with Gasteiger partial charge in [0.05, 0.1) is 26.3 Å². The van der Waals surface area contributed by atoms with Crippen LogP contribution in [0.4, 0.5) is 0 Å². The van der Waals surface area contributed by atoms with Crippen LogP contribution in [0.5, 0.6) is 0 Å². The first kappa shape index (κ1) is 14.8. The molecule has 1 aliphatic heterocycles. The number of carbonyl (C=O) groups is 1. The summed E-state index contributed by atoms with van der Waals surface area (Å²) >= 11 is 0. The Balaban J connectivity index is 1.49. The fourth-order valence-electron chi connectivity index (χ4n) is 3.19. The molecule has 19 heavy (non-hydrogen) atoms. The zero-order chi connectivity index (χ0) is 13.3. The van der Waals surface area contributed by atoms with Crippen molar-refractivity contribution in [3.05, 3.63) is 0 Å². The maximum atomic E-state index is 11.8. The van der Waals surface area contributed by atoms with E-state index in [2.05, 4.69) is 5.32 Å². The Morgan fingerprint density at radius 2 is 1.89 bits per heavy atom. The van der Waals surface area contributed by atoms with Crippen molar-refractivity contribution >= 4 is 5.91 Å². The first-order valence-corrected chi connectivity index (χ1v) is 8.02. The highest BCUT2D eigenvalue weighted by atomic mass is 16.5. The van der Waals surface area contributed by atoms with E-state index in [1.807, 2.05) is 0 Å². The van der Waals surface area contributed by atoms with Crippen LogP contribution in [0.3, 0.4) is 0 Å². The van der Waals surface area contributed by atoms with Gasteiger partial charge in [0.15, 0.2) is 0 Å². The van der Waals surface area contributed by atoms with Crippen molar-refractivity contribution in [2.24, 2.45) is 5.92 Å². The molecular formula is C15H29N2O2+. The standard InChI is InChI=1S/C15H28N2O2/c18-15(7-6-14-4-2-1-3-5-14)16-8-9-17-10-12-19-13-11-17/h14H,1-13H2,(H,16,18)/p+1. The highest BCUT2D eigenvalue weighted by Crippen LogP contribution is 2.26. The lowest BCUT2D eigenvalue weighted by molar-refractivity contribution is -0.906. The summed E-state index contributed by atoms with van der Waals surface area (Å²) in [7, 11) is 0. The molecule has 0 unspecified atom stereocenters. The van der Waals surface area contributed by atoms with E-state index in [9.17, 15) is 4.79 Å². The van der Waals surface area contributed by atoms with Gasteiger partial charge in [-0.25, -0.2) is 0 Å². The van der Waals surface area contributed by atoms with Crippen LogP contribution in [0.25, 0.3) is 0 Å². The predicted octanol–water partition coefficient (Wildman–Crippen LogP) is 0.378. The van der Waals surface area contributed by atoms with E-state index >= 15 is 0 Å². The van der Waals surface area contributed by atoms with Gasteiger partial charge in [0.1, 0.15) is 13.1 Å². The van der Waals surface area contributed by atoms with Crippen LogP contribution in [0.15, 0.2) is 0 Å². The monoisotopic (exact) mass is 269 g/mol. The molecular weight excluding hydrogens is 240 g/mol. The zero-order valence-corrected chi connectivity index (χ0v) is 12.1. The van der Waals surface area contributed by atoms with Gasteiger partial charge in [0.25, 0.3) is 0 Å². The summed E-state index contributed by atoms with van der Waals surface area (Å²) in [5.41, 5.74) is 0. The number of rotatable bonds is 6. The molecule has 2 fully saturated rings. The van der Waals surface area contributed by atoms with E-state index in [0.29, 0.717) is 0 Å². The van der Waals surface area contributed by atoms with Gasteiger partial charge < -0.3 is 15.0 Å². The average Bonchev–Trinajstić information content (AvgIpc) is 2.47. The molecule has 0 atom stereocenters. The van der Waals surface area contributed by atoms with Crippen LogP contribution in [-0.2, 0) is 9.53 Å². The maximum absolute atomic E-state index is 11.8. The average molecular weight is 269 g/mol. The molecule has 2 rings (SSSR count). The fraction of sp³-hybridized carbons (Fsp3) is 0.933. The maximum Gasteiger partial charge on any atom is 0.220 e. The lowest BCUT2D eigenvalue weighted by Crippen LogP contribution is -3.14. The lowest BCUT2D eigenvalue weighted by atomic mass is 9.86. The molecule has 110 valence electrons. The van der Waals surface area contributed by atoms with Crippen molar-refractivity contribution in [3.8, 4) is 0 Å². The molecule has 1 saturated carbocycles. The van der Waals surface area contributed by atoms with Crippen molar-refractivity contribution in [2.75, 3.05) is 39.4 Å². The second kappa shape index (κ2) is 8.54. The van der Waals surface area contributed by atoms with Crippen LogP contribution in [-0.4, -0.2) is 45.3 Å². The van der Waals surface area contributed by atoms with Crippen LogP contribution in [0.1, 0.15) is 44.9 Å². The van der Waals surface area contributed by atoms with Crippen LogP contribution in [0, 0.1) is 5.92 Å². The summed E-state index contributed by atoms with van der Waals surface area (Å²) in [5.74, 6) is 1.06. The van der Waals surface area contributed by atoms with Gasteiger partial charge in [0.2, 0.25) is 5.91 Å². The molecule has 2 N–H and O–H groups in total. The van der Waals surface area contributed by atoms with Crippen molar-refractivity contribution in [1.82, 2.24) is 5.32 Å². The number of quaternary nitrogens is 1. The number of amides is 1. The summed E-state index contributed by atoms with van der Waals surface area (Å²) in [6.45, 7) is 5.75. The topological polar surface area (TPSA) is 42.8 Å². The molecule has 4 nitrogen and oxygen atoms in total. The molecule has 0 bridgehead atoms. The lowest BCUT2D eigenvalue weighted by Gasteiger charge is -2.24. The van der Waals surface area contributed by atoms with Gasteiger partial charge in [-0.2, -0.15) is 0 Å². The zero-order valence-electron chi connectivity index (χ0n) is 12.1. The quantitative estimate of drug-likeness (QED) is 0.732. The summed E-state index contributed by atoms with van der Waals surface area (Å²) in [5, 5.41) is 3.07. The minimum atomic E-state index is 0.248. The number of nitrogens with one attached hydrogen (secondary N) is 2. The molecule has 1 saturated heterocycles. The Morgan fingerprint density at radius 1 is 1.16 bits per heavy atom. The summed E-state index contributed by atoms with van der Waals surface area (Å²) < 4.78 is 5.32. The highest BCUT2D eigenvalue weighted by Gasteiger charge is 2.16. The Bertz CT molecular complexity index is 259. The third-order valence-electron chi connectivity index (χ3n) is 4.51. The molecule has 1 aliphatic carbocycles. The first-order chi connectivity index (χ1) is 9.34. The summed E-state index contributed by atoms with van der Waals surface area (Å²) in [4.78, 5) is 13.3. The van der Waals surface area contributed by atoms with Crippen LogP contribution >= 0.6 is 0 Å². The fourth-order valence-corrected chi connectivity index (χ4v) is 3.19. The molecule has 1 amide bonds. The number of morpholine rings is 1. The number of hydrogen-bond donors (Lipinski definition) is 2. The van der Waals surface area contributed by atoms with Crippen molar-refractivity contribution in [2.45, 2.75) is 44.9 Å². The molecule has 0 spiro atoms. The number of hydrogen-bond acceptors (Lipinski definition) is 2. The van der Waals surface area contributed by atoms with Gasteiger partial charge in [-0.1, -0.05) is 32.1 Å². The third-order valence-corrected chi connectivity index (χ3v) is 4.51. The molecule has 4 heteroatoms. The first-order valence-electron chi connectivity index (χ1n) is 8.02. The second-order valence-corrected chi connectivity index (χ2v) is 6.01. The predicted molar refractivity (Wildman–Crippen MR) is 75.2 cm³/mol. The Kier molecular flexibility index (Phi) is 6.65. The van der Waals surface area contributed by atoms with Gasteiger partial charge in [-0.15, -0.1) is 0 Å². The van der Waals surface area contributed by atoms with E-state index in [1.54, 1.807) is 4.90 Å². The Hall–Kier alpha value is -0.610. The molecule has 2 aliphatic rings. The van der Waals surface area contributed by atoms with Crippen molar-refractivity contribution in [1.29, 1.82) is 0 Å². The molecule has 0 aromatic rings. The summed E-state index contributed by atoms with van der Waals surface area (Å²) in [6, 6.07) is 0. The van der Waals surface area contributed by atoms with E-state index in [0.717, 1.165) is 58.2 Å². The smallest absolute Gasteiger partial charge is 0.220 e. The minimum absolute atomic E-state index is 0.248. The van der Waals surface area contributed by atoms with E-state index in [4.69, 9.17) is 4.74 Å².